The van der Waals surface area contributed by atoms with Crippen molar-refractivity contribution in [3.8, 4) is 6.07 Å². The zero-order valence-corrected chi connectivity index (χ0v) is 19.4. The second kappa shape index (κ2) is 11.2. The molecule has 1 saturated heterocycles. The number of aliphatic hydroxyl groups is 1. The summed E-state index contributed by atoms with van der Waals surface area (Å²) in [6.45, 7) is 0.607. The van der Waals surface area contributed by atoms with Crippen LogP contribution in [0.2, 0.25) is 0 Å². The summed E-state index contributed by atoms with van der Waals surface area (Å²) in [6, 6.07) is 21.7. The summed E-state index contributed by atoms with van der Waals surface area (Å²) in [5, 5.41) is 23.9. The van der Waals surface area contributed by atoms with Crippen molar-refractivity contribution in [3.63, 3.8) is 0 Å². The SMILES string of the molecule is N#Cc1ccc(C(=O)NC[C@@H]2CCCN2C(=O)[C@H](CO)NSc2ccc3ccccc3c2)cc1. The predicted molar refractivity (Wildman–Crippen MR) is 132 cm³/mol. The first-order valence-electron chi connectivity index (χ1n) is 11.2. The van der Waals surface area contributed by atoms with Crippen LogP contribution in [0, 0.1) is 11.3 Å². The van der Waals surface area contributed by atoms with Crippen LogP contribution in [-0.4, -0.2) is 53.6 Å². The van der Waals surface area contributed by atoms with E-state index in [2.05, 4.69) is 10.0 Å². The van der Waals surface area contributed by atoms with Crippen LogP contribution in [0.15, 0.2) is 71.6 Å². The van der Waals surface area contributed by atoms with E-state index < -0.39 is 6.04 Å². The van der Waals surface area contributed by atoms with E-state index in [0.717, 1.165) is 28.5 Å². The Bertz CT molecular complexity index is 1210. The van der Waals surface area contributed by atoms with Crippen LogP contribution >= 0.6 is 11.9 Å². The van der Waals surface area contributed by atoms with Crippen LogP contribution in [0.1, 0.15) is 28.8 Å². The molecule has 1 heterocycles. The first-order chi connectivity index (χ1) is 16.6. The maximum Gasteiger partial charge on any atom is 0.251 e. The number of nitrogens with zero attached hydrogens (tertiary/aromatic N) is 2. The standard InChI is InChI=1S/C26H26N4O3S/c27-15-18-7-9-20(10-8-18)25(32)28-16-22-6-3-13-30(22)26(33)24(17-31)29-34-23-12-11-19-4-1-2-5-21(19)14-23/h1-2,4-5,7-12,14,22,24,29,31H,3,6,13,16-17H2,(H,28,32)/t22-,24-/m0/s1. The van der Waals surface area contributed by atoms with Gasteiger partial charge in [0.2, 0.25) is 5.91 Å². The van der Waals surface area contributed by atoms with E-state index in [1.165, 1.54) is 11.9 Å². The lowest BCUT2D eigenvalue weighted by Crippen LogP contribution is -2.51. The Morgan fingerprint density at radius 2 is 1.88 bits per heavy atom. The highest BCUT2D eigenvalue weighted by Gasteiger charge is 2.33. The van der Waals surface area contributed by atoms with Crippen LogP contribution < -0.4 is 10.0 Å². The van der Waals surface area contributed by atoms with Gasteiger partial charge >= 0.3 is 0 Å². The summed E-state index contributed by atoms with van der Waals surface area (Å²) in [7, 11) is 0. The summed E-state index contributed by atoms with van der Waals surface area (Å²) < 4.78 is 3.11. The van der Waals surface area contributed by atoms with Crippen molar-refractivity contribution >= 4 is 34.5 Å². The highest BCUT2D eigenvalue weighted by Crippen LogP contribution is 2.23. The van der Waals surface area contributed by atoms with Crippen LogP contribution in [0.5, 0.6) is 0 Å². The third-order valence-corrected chi connectivity index (χ3v) is 6.85. The van der Waals surface area contributed by atoms with Gasteiger partial charge in [-0.3, -0.25) is 9.59 Å². The minimum Gasteiger partial charge on any atom is -0.394 e. The molecule has 34 heavy (non-hydrogen) atoms. The number of benzene rings is 3. The van der Waals surface area contributed by atoms with Gasteiger partial charge in [-0.25, -0.2) is 4.72 Å². The molecule has 2 amide bonds. The lowest BCUT2D eigenvalue weighted by atomic mass is 10.1. The van der Waals surface area contributed by atoms with Crippen LogP contribution in [0.3, 0.4) is 0 Å². The third-order valence-electron chi connectivity index (χ3n) is 5.96. The maximum absolute atomic E-state index is 13.2. The summed E-state index contributed by atoms with van der Waals surface area (Å²) >= 11 is 1.32. The topological polar surface area (TPSA) is 105 Å². The number of carbonyl (C=O) groups is 2. The molecule has 174 valence electrons. The van der Waals surface area contributed by atoms with Crippen molar-refractivity contribution in [2.75, 3.05) is 19.7 Å². The van der Waals surface area contributed by atoms with Gasteiger partial charge in [0, 0.05) is 29.6 Å². The lowest BCUT2D eigenvalue weighted by Gasteiger charge is -2.28. The van der Waals surface area contributed by atoms with E-state index in [-0.39, 0.29) is 24.5 Å². The first kappa shape index (κ1) is 23.8. The Labute approximate surface area is 202 Å². The van der Waals surface area contributed by atoms with E-state index in [4.69, 9.17) is 5.26 Å². The molecule has 0 aliphatic carbocycles. The van der Waals surface area contributed by atoms with Gasteiger partial charge < -0.3 is 15.3 Å². The Kier molecular flexibility index (Phi) is 7.80. The molecule has 4 rings (SSSR count). The fourth-order valence-electron chi connectivity index (χ4n) is 4.08. The Morgan fingerprint density at radius 1 is 1.12 bits per heavy atom. The molecule has 2 atom stereocenters. The average molecular weight is 475 g/mol. The molecule has 3 aromatic rings. The number of aliphatic hydroxyl groups excluding tert-OH is 1. The normalized spacial score (nSPS) is 16.2. The van der Waals surface area contributed by atoms with Gasteiger partial charge in [-0.05, 0) is 72.0 Å². The van der Waals surface area contributed by atoms with E-state index in [0.29, 0.717) is 24.2 Å². The number of rotatable bonds is 8. The molecule has 3 N–H and O–H groups in total. The minimum absolute atomic E-state index is 0.128. The largest absolute Gasteiger partial charge is 0.394 e. The Balaban J connectivity index is 1.33. The van der Waals surface area contributed by atoms with Gasteiger partial charge in [0.15, 0.2) is 0 Å². The molecule has 7 nitrogen and oxygen atoms in total. The summed E-state index contributed by atoms with van der Waals surface area (Å²) in [6.07, 6.45) is 1.63. The molecule has 8 heteroatoms. The first-order valence-corrected chi connectivity index (χ1v) is 12.0. The van der Waals surface area contributed by atoms with E-state index >= 15 is 0 Å². The highest BCUT2D eigenvalue weighted by molar-refractivity contribution is 7.97. The lowest BCUT2D eigenvalue weighted by molar-refractivity contribution is -0.134. The molecule has 0 bridgehead atoms. The smallest absolute Gasteiger partial charge is 0.251 e. The molecule has 0 aromatic heterocycles. The number of carbonyl (C=O) groups excluding carboxylic acids is 2. The van der Waals surface area contributed by atoms with E-state index in [1.54, 1.807) is 29.2 Å². The molecule has 1 aliphatic heterocycles. The van der Waals surface area contributed by atoms with Crippen molar-refractivity contribution in [1.82, 2.24) is 14.9 Å². The molecule has 1 aliphatic rings. The molecular weight excluding hydrogens is 448 g/mol. The second-order valence-corrected chi connectivity index (χ2v) is 9.10. The van der Waals surface area contributed by atoms with Crippen LogP contribution in [-0.2, 0) is 4.79 Å². The minimum atomic E-state index is -0.744. The molecular formula is C26H26N4O3S. The zero-order chi connectivity index (χ0) is 23.9. The quantitative estimate of drug-likeness (QED) is 0.434. The summed E-state index contributed by atoms with van der Waals surface area (Å²) in [4.78, 5) is 28.3. The van der Waals surface area contributed by atoms with Crippen molar-refractivity contribution in [2.24, 2.45) is 0 Å². The molecule has 0 spiro atoms. The van der Waals surface area contributed by atoms with Crippen LogP contribution in [0.4, 0.5) is 0 Å². The molecule has 0 radical (unpaired) electrons. The average Bonchev–Trinajstić information content (AvgIpc) is 3.36. The molecule has 0 saturated carbocycles. The van der Waals surface area contributed by atoms with Gasteiger partial charge in [0.25, 0.3) is 5.91 Å². The van der Waals surface area contributed by atoms with Crippen molar-refractivity contribution in [3.05, 3.63) is 77.9 Å². The van der Waals surface area contributed by atoms with E-state index in [1.807, 2.05) is 48.5 Å². The number of hydrogen-bond donors (Lipinski definition) is 3. The number of amides is 2. The number of likely N-dealkylation sites (tertiary alicyclic amines) is 1. The van der Waals surface area contributed by atoms with Gasteiger partial charge in [0.05, 0.1) is 18.2 Å². The third kappa shape index (κ3) is 5.57. The molecule has 1 fully saturated rings. The fraction of sp³-hybridized carbons (Fsp3) is 0.269. The second-order valence-electron chi connectivity index (χ2n) is 8.19. The van der Waals surface area contributed by atoms with E-state index in [9.17, 15) is 14.7 Å². The Morgan fingerprint density at radius 3 is 2.62 bits per heavy atom. The predicted octanol–water partition coefficient (Wildman–Crippen LogP) is 3.09. The number of fused-ring (bicyclic) bond motifs is 1. The zero-order valence-electron chi connectivity index (χ0n) is 18.6. The monoisotopic (exact) mass is 474 g/mol. The fourth-order valence-corrected chi connectivity index (χ4v) is 4.86. The van der Waals surface area contributed by atoms with Gasteiger partial charge in [-0.1, -0.05) is 30.3 Å². The van der Waals surface area contributed by atoms with Gasteiger partial charge in [-0.15, -0.1) is 0 Å². The van der Waals surface area contributed by atoms with Gasteiger partial charge in [0.1, 0.15) is 6.04 Å². The number of nitrogens with one attached hydrogen (secondary N) is 2. The highest BCUT2D eigenvalue weighted by atomic mass is 32.2. The van der Waals surface area contributed by atoms with Gasteiger partial charge in [-0.2, -0.15) is 5.26 Å². The van der Waals surface area contributed by atoms with Crippen LogP contribution in [0.25, 0.3) is 10.8 Å². The number of hydrogen-bond acceptors (Lipinski definition) is 6. The maximum atomic E-state index is 13.2. The molecule has 0 unspecified atom stereocenters. The number of nitriles is 1. The summed E-state index contributed by atoms with van der Waals surface area (Å²) in [5.41, 5.74) is 0.963. The Hall–Kier alpha value is -3.38. The van der Waals surface area contributed by atoms with Crippen molar-refractivity contribution < 1.29 is 14.7 Å². The van der Waals surface area contributed by atoms with Crippen molar-refractivity contribution in [2.45, 2.75) is 29.8 Å². The summed E-state index contributed by atoms with van der Waals surface area (Å²) in [5.74, 6) is -0.418. The molecule has 3 aromatic carbocycles. The van der Waals surface area contributed by atoms with Crippen molar-refractivity contribution in [1.29, 1.82) is 5.26 Å².